The molecule has 0 aliphatic heterocycles. The van der Waals surface area contributed by atoms with Crippen molar-refractivity contribution < 1.29 is 9.47 Å². The maximum absolute atomic E-state index is 6.49. The van der Waals surface area contributed by atoms with Crippen molar-refractivity contribution in [3.8, 4) is 22.9 Å². The Bertz CT molecular complexity index is 1020. The molecule has 2 aromatic heterocycles. The second-order valence-corrected chi connectivity index (χ2v) is 7.43. The first-order valence-corrected chi connectivity index (χ1v) is 10.1. The number of ether oxygens (including phenoxy) is 2. The van der Waals surface area contributed by atoms with Crippen LogP contribution in [0.5, 0.6) is 11.5 Å². The molecule has 3 rings (SSSR count). The van der Waals surface area contributed by atoms with Crippen LogP contribution in [0.4, 0.5) is 17.5 Å². The summed E-state index contributed by atoms with van der Waals surface area (Å²) in [6.07, 6.45) is 3.09. The van der Waals surface area contributed by atoms with Gasteiger partial charge >= 0.3 is 0 Å². The van der Waals surface area contributed by atoms with Gasteiger partial charge in [0, 0.05) is 25.4 Å². The second kappa shape index (κ2) is 10.4. The number of likely N-dealkylation sites (N-methyl/N-ethyl adjacent to an activating group) is 1. The van der Waals surface area contributed by atoms with Crippen LogP contribution in [-0.2, 0) is 0 Å². The summed E-state index contributed by atoms with van der Waals surface area (Å²) in [5.41, 5.74) is 1.05. The van der Waals surface area contributed by atoms with Gasteiger partial charge in [0.1, 0.15) is 33.7 Å². The van der Waals surface area contributed by atoms with Gasteiger partial charge in [-0.3, -0.25) is 0 Å². The maximum atomic E-state index is 6.49. The predicted octanol–water partition coefficient (Wildman–Crippen LogP) is 3.97. The Kier molecular flexibility index (Phi) is 7.67. The number of benzene rings is 1. The summed E-state index contributed by atoms with van der Waals surface area (Å²) in [4.78, 5) is 19.5. The Hall–Kier alpha value is -2.88. The zero-order valence-corrected chi connectivity index (χ0v) is 19.1. The van der Waals surface area contributed by atoms with Gasteiger partial charge in [0.2, 0.25) is 5.95 Å². The van der Waals surface area contributed by atoms with Crippen molar-refractivity contribution >= 4 is 40.7 Å². The van der Waals surface area contributed by atoms with Gasteiger partial charge in [-0.1, -0.05) is 23.2 Å². The van der Waals surface area contributed by atoms with E-state index < -0.39 is 0 Å². The standard InChI is InChI=1S/C20H23Cl2N7O2/c1-29(2)9-8-24-20-26-11-25-19(28-20)12-6-5-7-23-18(12)27-17-15(21)13(30-3)10-14(31-4)16(17)22/h5-7,10-11H,8-9H2,1-4H3,(H,23,27)(H,24,25,26,28). The highest BCUT2D eigenvalue weighted by atomic mass is 35.5. The highest BCUT2D eigenvalue weighted by Crippen LogP contribution is 2.45. The van der Waals surface area contributed by atoms with Gasteiger partial charge in [0.25, 0.3) is 0 Å². The minimum Gasteiger partial charge on any atom is -0.495 e. The number of hydrogen-bond donors (Lipinski definition) is 2. The number of aromatic nitrogens is 4. The molecule has 0 fully saturated rings. The fourth-order valence-electron chi connectivity index (χ4n) is 2.70. The quantitative estimate of drug-likeness (QED) is 0.488. The summed E-state index contributed by atoms with van der Waals surface area (Å²) in [5.74, 6) is 2.21. The fraction of sp³-hybridized carbons (Fsp3) is 0.300. The molecule has 9 nitrogen and oxygen atoms in total. The lowest BCUT2D eigenvalue weighted by Gasteiger charge is -2.17. The molecule has 0 aliphatic rings. The number of anilines is 3. The van der Waals surface area contributed by atoms with Crippen LogP contribution in [0.15, 0.2) is 30.7 Å². The normalized spacial score (nSPS) is 10.8. The van der Waals surface area contributed by atoms with E-state index in [-0.39, 0.29) is 0 Å². The summed E-state index contributed by atoms with van der Waals surface area (Å²) in [7, 11) is 7.02. The molecular formula is C20H23Cl2N7O2. The van der Waals surface area contributed by atoms with Gasteiger partial charge in [-0.15, -0.1) is 0 Å². The molecule has 3 aromatic rings. The predicted molar refractivity (Wildman–Crippen MR) is 123 cm³/mol. The Balaban J connectivity index is 1.96. The number of nitrogens with one attached hydrogen (secondary N) is 2. The first-order chi connectivity index (χ1) is 14.9. The third kappa shape index (κ3) is 5.43. The Morgan fingerprint density at radius 2 is 1.74 bits per heavy atom. The van der Waals surface area contributed by atoms with Crippen LogP contribution in [0.25, 0.3) is 11.4 Å². The molecule has 0 radical (unpaired) electrons. The van der Waals surface area contributed by atoms with Crippen LogP contribution in [-0.4, -0.2) is 66.2 Å². The van der Waals surface area contributed by atoms with E-state index in [0.29, 0.717) is 56.9 Å². The molecule has 0 aliphatic carbocycles. The number of methoxy groups -OCH3 is 2. The molecule has 0 bridgehead atoms. The van der Waals surface area contributed by atoms with Gasteiger partial charge in [0.05, 0.1) is 25.5 Å². The molecule has 0 amide bonds. The third-order valence-corrected chi connectivity index (χ3v) is 5.03. The van der Waals surface area contributed by atoms with Gasteiger partial charge < -0.3 is 25.0 Å². The summed E-state index contributed by atoms with van der Waals surface area (Å²) in [6.45, 7) is 1.54. The molecular weight excluding hydrogens is 441 g/mol. The monoisotopic (exact) mass is 463 g/mol. The number of rotatable bonds is 9. The third-order valence-electron chi connectivity index (χ3n) is 4.28. The fourth-order valence-corrected chi connectivity index (χ4v) is 3.30. The van der Waals surface area contributed by atoms with Crippen LogP contribution in [0.2, 0.25) is 10.0 Å². The minimum absolute atomic E-state index is 0.298. The number of pyridine rings is 1. The number of hydrogen-bond acceptors (Lipinski definition) is 9. The minimum atomic E-state index is 0.298. The summed E-state index contributed by atoms with van der Waals surface area (Å²) in [6, 6.07) is 5.25. The number of nitrogens with zero attached hydrogens (tertiary/aromatic N) is 5. The Morgan fingerprint density at radius 1 is 1.03 bits per heavy atom. The van der Waals surface area contributed by atoms with Crippen LogP contribution in [0.3, 0.4) is 0 Å². The average molecular weight is 464 g/mol. The molecule has 0 atom stereocenters. The van der Waals surface area contributed by atoms with E-state index in [1.165, 1.54) is 20.5 Å². The molecule has 0 saturated heterocycles. The summed E-state index contributed by atoms with van der Waals surface area (Å²) in [5, 5.41) is 6.95. The molecule has 2 N–H and O–H groups in total. The van der Waals surface area contributed by atoms with Crippen LogP contribution in [0.1, 0.15) is 0 Å². The molecule has 0 spiro atoms. The lowest BCUT2D eigenvalue weighted by Crippen LogP contribution is -2.21. The van der Waals surface area contributed by atoms with Crippen molar-refractivity contribution in [2.45, 2.75) is 0 Å². The first-order valence-electron chi connectivity index (χ1n) is 9.34. The zero-order chi connectivity index (χ0) is 22.4. The lowest BCUT2D eigenvalue weighted by molar-refractivity contribution is 0.395. The van der Waals surface area contributed by atoms with E-state index in [0.717, 1.165) is 6.54 Å². The van der Waals surface area contributed by atoms with E-state index in [9.17, 15) is 0 Å². The van der Waals surface area contributed by atoms with Crippen molar-refractivity contribution in [3.05, 3.63) is 40.8 Å². The van der Waals surface area contributed by atoms with Crippen LogP contribution < -0.4 is 20.1 Å². The first kappa shape index (κ1) is 22.8. The topological polar surface area (TPSA) is 97.3 Å². The van der Waals surface area contributed by atoms with Gasteiger partial charge in [-0.25, -0.2) is 15.0 Å². The van der Waals surface area contributed by atoms with Crippen molar-refractivity contribution in [2.24, 2.45) is 0 Å². The smallest absolute Gasteiger partial charge is 0.226 e. The summed E-state index contributed by atoms with van der Waals surface area (Å²) >= 11 is 13.0. The van der Waals surface area contributed by atoms with Gasteiger partial charge in [-0.2, -0.15) is 4.98 Å². The molecule has 1 aromatic carbocycles. The highest BCUT2D eigenvalue weighted by Gasteiger charge is 2.20. The van der Waals surface area contributed by atoms with E-state index in [1.807, 2.05) is 20.2 Å². The van der Waals surface area contributed by atoms with Gasteiger partial charge in [0.15, 0.2) is 5.82 Å². The van der Waals surface area contributed by atoms with Crippen LogP contribution in [0, 0.1) is 0 Å². The summed E-state index contributed by atoms with van der Waals surface area (Å²) < 4.78 is 10.7. The molecule has 0 unspecified atom stereocenters. The molecule has 0 saturated carbocycles. The molecule has 11 heteroatoms. The molecule has 2 heterocycles. The van der Waals surface area contributed by atoms with E-state index >= 15 is 0 Å². The van der Waals surface area contributed by atoms with Crippen molar-refractivity contribution in [1.82, 2.24) is 24.8 Å². The van der Waals surface area contributed by atoms with Crippen molar-refractivity contribution in [2.75, 3.05) is 52.0 Å². The van der Waals surface area contributed by atoms with Crippen molar-refractivity contribution in [1.29, 1.82) is 0 Å². The zero-order valence-electron chi connectivity index (χ0n) is 17.6. The van der Waals surface area contributed by atoms with E-state index in [4.69, 9.17) is 32.7 Å². The molecule has 31 heavy (non-hydrogen) atoms. The maximum Gasteiger partial charge on any atom is 0.226 e. The molecule has 164 valence electrons. The SMILES string of the molecule is COc1cc(OC)c(Cl)c(Nc2ncccc2-c2ncnc(NCCN(C)C)n2)c1Cl. The number of halogens is 2. The van der Waals surface area contributed by atoms with Crippen LogP contribution >= 0.6 is 23.2 Å². The Morgan fingerprint density at radius 3 is 2.39 bits per heavy atom. The van der Waals surface area contributed by atoms with E-state index in [2.05, 4.69) is 35.5 Å². The van der Waals surface area contributed by atoms with E-state index in [1.54, 1.807) is 18.3 Å². The Labute approximate surface area is 190 Å². The lowest BCUT2D eigenvalue weighted by atomic mass is 10.2. The largest absolute Gasteiger partial charge is 0.495 e. The van der Waals surface area contributed by atoms with Gasteiger partial charge in [-0.05, 0) is 26.2 Å². The second-order valence-electron chi connectivity index (χ2n) is 6.67. The highest BCUT2D eigenvalue weighted by molar-refractivity contribution is 6.41. The average Bonchev–Trinajstić information content (AvgIpc) is 2.77. The van der Waals surface area contributed by atoms with Crippen molar-refractivity contribution in [3.63, 3.8) is 0 Å².